The average molecular weight is 485 g/mol. The van der Waals surface area contributed by atoms with Gasteiger partial charge in [-0.1, -0.05) is 71.7 Å². The minimum absolute atomic E-state index is 0.119. The number of hydrogen-bond acceptors (Lipinski definition) is 4. The van der Waals surface area contributed by atoms with Gasteiger partial charge in [0.1, 0.15) is 0 Å². The Kier molecular flexibility index (Phi) is 5.48. The summed E-state index contributed by atoms with van der Waals surface area (Å²) in [5.74, 6) is -0.519. The zero-order chi connectivity index (χ0) is 24.0. The van der Waals surface area contributed by atoms with Crippen molar-refractivity contribution in [3.63, 3.8) is 0 Å². The third-order valence-corrected chi connectivity index (χ3v) is 6.24. The molecular weight excluding hydrogens is 471 g/mol. The Labute approximate surface area is 204 Å². The molecule has 4 nitrogen and oxygen atoms in total. The van der Waals surface area contributed by atoms with Crippen molar-refractivity contribution in [3.8, 4) is 0 Å². The van der Waals surface area contributed by atoms with Crippen molar-refractivity contribution in [2.45, 2.75) is 0 Å². The summed E-state index contributed by atoms with van der Waals surface area (Å²) in [4.78, 5) is 48.7. The normalized spacial score (nSPS) is 13.2. The molecule has 164 valence electrons. The fourth-order valence-electron chi connectivity index (χ4n) is 4.14. The van der Waals surface area contributed by atoms with E-state index in [-0.39, 0.29) is 23.1 Å². The Bertz CT molecular complexity index is 1440. The van der Waals surface area contributed by atoms with Crippen LogP contribution in [-0.4, -0.2) is 23.1 Å². The van der Waals surface area contributed by atoms with Gasteiger partial charge in [-0.05, 0) is 36.4 Å². The predicted octanol–water partition coefficient (Wildman–Crippen LogP) is 6.23. The molecule has 0 bridgehead atoms. The fourth-order valence-corrected chi connectivity index (χ4v) is 4.49. The van der Waals surface area contributed by atoms with E-state index < -0.39 is 0 Å². The van der Waals surface area contributed by atoms with Gasteiger partial charge in [-0.3, -0.25) is 19.2 Å². The lowest BCUT2D eigenvalue weighted by molar-refractivity contribution is 0.0979. The van der Waals surface area contributed by atoms with Crippen LogP contribution in [0, 0.1) is 0 Å². The Hall–Kier alpha value is -3.86. The molecule has 0 spiro atoms. The van der Waals surface area contributed by atoms with Crippen LogP contribution in [0.15, 0.2) is 84.9 Å². The largest absolute Gasteiger partial charge is 0.289 e. The summed E-state index contributed by atoms with van der Waals surface area (Å²) in [6.07, 6.45) is 0. The molecular formula is C28H14Cl2O4. The van der Waals surface area contributed by atoms with Crippen molar-refractivity contribution in [2.24, 2.45) is 0 Å². The van der Waals surface area contributed by atoms with Crippen LogP contribution in [0.3, 0.4) is 0 Å². The summed E-state index contributed by atoms with van der Waals surface area (Å²) in [6, 6.07) is 23.2. The van der Waals surface area contributed by atoms with Gasteiger partial charge in [0, 0.05) is 54.6 Å². The molecule has 0 aromatic heterocycles. The first-order valence-electron chi connectivity index (χ1n) is 10.3. The molecule has 0 fully saturated rings. The smallest absolute Gasteiger partial charge is 0.194 e. The number of ketones is 4. The van der Waals surface area contributed by atoms with Crippen LogP contribution < -0.4 is 0 Å². The van der Waals surface area contributed by atoms with Gasteiger partial charge in [0.25, 0.3) is 0 Å². The van der Waals surface area contributed by atoms with Gasteiger partial charge in [0.2, 0.25) is 0 Å². The zero-order valence-corrected chi connectivity index (χ0v) is 19.0. The van der Waals surface area contributed by atoms with E-state index in [1.807, 2.05) is 0 Å². The van der Waals surface area contributed by atoms with Crippen molar-refractivity contribution in [2.75, 3.05) is 0 Å². The molecule has 0 radical (unpaired) electrons. The molecule has 6 rings (SSSR count). The summed E-state index contributed by atoms with van der Waals surface area (Å²) in [5.41, 5.74) is 3.47. The SMILES string of the molecule is O=C1c2ccccc2C(=O)c2cc(Cl)ccc21.O=C1c2ccccc2C(=O)c2cc(Cl)ccc21. The maximum absolute atomic E-state index is 12.2. The predicted molar refractivity (Wildman–Crippen MR) is 130 cm³/mol. The number of hydrogen-bond donors (Lipinski definition) is 0. The van der Waals surface area contributed by atoms with Crippen molar-refractivity contribution >= 4 is 46.3 Å². The third-order valence-electron chi connectivity index (χ3n) is 5.77. The second-order valence-corrected chi connectivity index (χ2v) is 8.66. The van der Waals surface area contributed by atoms with E-state index in [2.05, 4.69) is 0 Å². The number of benzene rings is 4. The van der Waals surface area contributed by atoms with E-state index in [9.17, 15) is 19.2 Å². The van der Waals surface area contributed by atoms with Gasteiger partial charge in [0.15, 0.2) is 23.1 Å². The van der Waals surface area contributed by atoms with Crippen LogP contribution in [0.5, 0.6) is 0 Å². The highest BCUT2D eigenvalue weighted by molar-refractivity contribution is 6.34. The highest BCUT2D eigenvalue weighted by atomic mass is 35.5. The Morgan fingerprint density at radius 1 is 0.353 bits per heavy atom. The molecule has 0 unspecified atom stereocenters. The van der Waals surface area contributed by atoms with Crippen LogP contribution in [0.4, 0.5) is 0 Å². The molecule has 0 amide bonds. The van der Waals surface area contributed by atoms with Crippen molar-refractivity contribution in [3.05, 3.63) is 139 Å². The third kappa shape index (κ3) is 3.58. The summed E-state index contributed by atoms with van der Waals surface area (Å²) < 4.78 is 0. The molecule has 4 aromatic rings. The molecule has 4 aromatic carbocycles. The highest BCUT2D eigenvalue weighted by Crippen LogP contribution is 2.30. The van der Waals surface area contributed by atoms with Crippen molar-refractivity contribution in [1.29, 1.82) is 0 Å². The van der Waals surface area contributed by atoms with Gasteiger partial charge >= 0.3 is 0 Å². The lowest BCUT2D eigenvalue weighted by Crippen LogP contribution is -2.20. The maximum atomic E-state index is 12.2. The molecule has 0 saturated carbocycles. The minimum atomic E-state index is -0.141. The van der Waals surface area contributed by atoms with Gasteiger partial charge in [0.05, 0.1) is 0 Å². The maximum Gasteiger partial charge on any atom is 0.194 e. The Morgan fingerprint density at radius 3 is 0.941 bits per heavy atom. The Balaban J connectivity index is 0.000000142. The van der Waals surface area contributed by atoms with E-state index in [4.69, 9.17) is 23.2 Å². The minimum Gasteiger partial charge on any atom is -0.289 e. The van der Waals surface area contributed by atoms with E-state index in [1.54, 1.807) is 84.9 Å². The van der Waals surface area contributed by atoms with Gasteiger partial charge in [-0.2, -0.15) is 0 Å². The molecule has 34 heavy (non-hydrogen) atoms. The molecule has 0 N–H and O–H groups in total. The second kappa shape index (κ2) is 8.49. The van der Waals surface area contributed by atoms with Gasteiger partial charge < -0.3 is 0 Å². The van der Waals surface area contributed by atoms with E-state index in [1.165, 1.54) is 0 Å². The van der Waals surface area contributed by atoms with Crippen LogP contribution in [0.1, 0.15) is 63.7 Å². The number of carbonyl (C=O) groups excluding carboxylic acids is 4. The van der Waals surface area contributed by atoms with Crippen molar-refractivity contribution in [1.82, 2.24) is 0 Å². The van der Waals surface area contributed by atoms with E-state index >= 15 is 0 Å². The van der Waals surface area contributed by atoms with Crippen LogP contribution >= 0.6 is 23.2 Å². The molecule has 0 heterocycles. The number of rotatable bonds is 0. The number of halogens is 2. The van der Waals surface area contributed by atoms with Crippen LogP contribution in [0.25, 0.3) is 0 Å². The highest BCUT2D eigenvalue weighted by Gasteiger charge is 2.30. The summed E-state index contributed by atoms with van der Waals surface area (Å²) >= 11 is 11.7. The lowest BCUT2D eigenvalue weighted by Gasteiger charge is -2.16. The van der Waals surface area contributed by atoms with Crippen molar-refractivity contribution < 1.29 is 19.2 Å². The van der Waals surface area contributed by atoms with Gasteiger partial charge in [-0.15, -0.1) is 0 Å². The summed E-state index contributed by atoms with van der Waals surface area (Å²) in [6.45, 7) is 0. The number of carbonyl (C=O) groups is 4. The zero-order valence-electron chi connectivity index (χ0n) is 17.5. The standard InChI is InChI=1S/2C14H7ClO2/c2*15-8-5-6-11-12(7-8)14(17)10-4-2-1-3-9(10)13(11)16/h2*1-7H. The first kappa shape index (κ1) is 22.0. The molecule has 2 aliphatic rings. The molecule has 6 heteroatoms. The Morgan fingerprint density at radius 2 is 0.618 bits per heavy atom. The van der Waals surface area contributed by atoms with E-state index in [0.29, 0.717) is 54.6 Å². The summed E-state index contributed by atoms with van der Waals surface area (Å²) in [7, 11) is 0. The first-order chi connectivity index (χ1) is 16.4. The molecule has 0 saturated heterocycles. The average Bonchev–Trinajstić information content (AvgIpc) is 2.86. The topological polar surface area (TPSA) is 68.3 Å². The van der Waals surface area contributed by atoms with Gasteiger partial charge in [-0.25, -0.2) is 0 Å². The van der Waals surface area contributed by atoms with Crippen LogP contribution in [-0.2, 0) is 0 Å². The second-order valence-electron chi connectivity index (χ2n) is 7.79. The number of fused-ring (bicyclic) bond motifs is 4. The van der Waals surface area contributed by atoms with Crippen LogP contribution in [0.2, 0.25) is 10.0 Å². The quantitative estimate of drug-likeness (QED) is 0.256. The molecule has 2 aliphatic carbocycles. The monoisotopic (exact) mass is 484 g/mol. The van der Waals surface area contributed by atoms with E-state index in [0.717, 1.165) is 0 Å². The molecule has 0 atom stereocenters. The first-order valence-corrected chi connectivity index (χ1v) is 11.1. The fraction of sp³-hybridized carbons (Fsp3) is 0. The summed E-state index contributed by atoms with van der Waals surface area (Å²) in [5, 5.41) is 0.925. The lowest BCUT2D eigenvalue weighted by atomic mass is 9.84. The molecule has 0 aliphatic heterocycles.